The Labute approximate surface area is 247 Å². The Hall–Kier alpha value is -3.50. The van der Waals surface area contributed by atoms with Gasteiger partial charge in [0.2, 0.25) is 0 Å². The lowest BCUT2D eigenvalue weighted by Crippen LogP contribution is -2.38. The van der Waals surface area contributed by atoms with E-state index in [2.05, 4.69) is 102 Å². The van der Waals surface area contributed by atoms with Crippen LogP contribution >= 0.6 is 7.92 Å². The SMILES string of the molecule is COc1cc([C@@H](N[S@](=O)C(C)(C)C)c2cccc3ccccc23)c(P(c2ccccc2)c2ccccc2)cc1OC. The summed E-state index contributed by atoms with van der Waals surface area (Å²) in [5.41, 5.74) is 2.07. The molecule has 0 bridgehead atoms. The molecule has 0 saturated heterocycles. The average Bonchev–Trinajstić information content (AvgIpc) is 3.00. The largest absolute Gasteiger partial charge is 0.493 e. The minimum absolute atomic E-state index is 0.381. The summed E-state index contributed by atoms with van der Waals surface area (Å²) in [5.74, 6) is 1.30. The molecule has 0 spiro atoms. The molecule has 6 heteroatoms. The highest BCUT2D eigenvalue weighted by Gasteiger charge is 2.31. The number of benzene rings is 5. The van der Waals surface area contributed by atoms with Gasteiger partial charge in [-0.05, 0) is 78.6 Å². The minimum Gasteiger partial charge on any atom is -0.493 e. The molecule has 0 aliphatic heterocycles. The monoisotopic (exact) mass is 581 g/mol. The van der Waals surface area contributed by atoms with Crippen LogP contribution in [0.25, 0.3) is 10.8 Å². The Morgan fingerprint density at radius 1 is 0.683 bits per heavy atom. The highest BCUT2D eigenvalue weighted by atomic mass is 32.2. The van der Waals surface area contributed by atoms with Gasteiger partial charge in [-0.15, -0.1) is 0 Å². The second-order valence-corrected chi connectivity index (χ2v) is 15.0. The normalized spacial score (nSPS) is 13.2. The van der Waals surface area contributed by atoms with E-state index in [0.29, 0.717) is 11.5 Å². The topological polar surface area (TPSA) is 47.6 Å². The Bertz CT molecular complexity index is 1610. The van der Waals surface area contributed by atoms with E-state index >= 15 is 0 Å². The first kappa shape index (κ1) is 29.0. The molecule has 5 rings (SSSR count). The van der Waals surface area contributed by atoms with Crippen LogP contribution in [0.5, 0.6) is 11.5 Å². The number of nitrogens with one attached hydrogen (secondary N) is 1. The zero-order valence-electron chi connectivity index (χ0n) is 24.1. The van der Waals surface area contributed by atoms with Crippen molar-refractivity contribution in [3.63, 3.8) is 0 Å². The third kappa shape index (κ3) is 6.23. The minimum atomic E-state index is -1.35. The van der Waals surface area contributed by atoms with Crippen molar-refractivity contribution in [2.45, 2.75) is 31.6 Å². The van der Waals surface area contributed by atoms with E-state index in [9.17, 15) is 4.21 Å². The van der Waals surface area contributed by atoms with Gasteiger partial charge < -0.3 is 9.47 Å². The fourth-order valence-corrected chi connectivity index (χ4v) is 8.29. The standard InChI is InChI=1S/C35H36NO3PS/c1-35(2,3)41(37)36-34(29-22-14-16-25-15-12-13-21-28(25)29)30-23-31(38-4)32(39-5)24-33(30)40(26-17-8-6-9-18-26)27-19-10-7-11-20-27/h6-24,34,36H,1-5H3/t34-,41+/m0/s1. The number of rotatable bonds is 9. The first-order valence-corrected chi connectivity index (χ1v) is 16.1. The van der Waals surface area contributed by atoms with Crippen LogP contribution in [-0.4, -0.2) is 23.2 Å². The first-order chi connectivity index (χ1) is 19.8. The molecule has 0 heterocycles. The Morgan fingerprint density at radius 3 is 1.80 bits per heavy atom. The number of fused-ring (bicyclic) bond motifs is 1. The maximum absolute atomic E-state index is 13.8. The van der Waals surface area contributed by atoms with Crippen molar-refractivity contribution < 1.29 is 13.7 Å². The zero-order chi connectivity index (χ0) is 29.0. The van der Waals surface area contributed by atoms with Crippen LogP contribution in [-0.2, 0) is 11.0 Å². The molecule has 2 atom stereocenters. The van der Waals surface area contributed by atoms with Crippen LogP contribution in [0.2, 0.25) is 0 Å². The maximum Gasteiger partial charge on any atom is 0.161 e. The molecular formula is C35H36NO3PS. The summed E-state index contributed by atoms with van der Waals surface area (Å²) in [6.07, 6.45) is 0. The predicted octanol–water partition coefficient (Wildman–Crippen LogP) is 6.76. The summed E-state index contributed by atoms with van der Waals surface area (Å²) in [6, 6.07) is 39.7. The van der Waals surface area contributed by atoms with Gasteiger partial charge in [-0.2, -0.15) is 0 Å². The van der Waals surface area contributed by atoms with Crippen molar-refractivity contribution in [1.29, 1.82) is 0 Å². The molecule has 41 heavy (non-hydrogen) atoms. The molecule has 0 aliphatic rings. The van der Waals surface area contributed by atoms with E-state index in [1.165, 1.54) is 10.6 Å². The van der Waals surface area contributed by atoms with E-state index in [-0.39, 0.29) is 6.04 Å². The number of hydrogen-bond donors (Lipinski definition) is 1. The summed E-state index contributed by atoms with van der Waals surface area (Å²) >= 11 is 0. The van der Waals surface area contributed by atoms with Crippen molar-refractivity contribution in [3.05, 3.63) is 126 Å². The fourth-order valence-electron chi connectivity index (χ4n) is 4.97. The Morgan fingerprint density at radius 2 is 1.22 bits per heavy atom. The molecule has 0 fully saturated rings. The molecule has 1 N–H and O–H groups in total. The second kappa shape index (κ2) is 12.6. The van der Waals surface area contributed by atoms with E-state index in [4.69, 9.17) is 9.47 Å². The third-order valence-electron chi connectivity index (χ3n) is 7.03. The second-order valence-electron chi connectivity index (χ2n) is 10.8. The summed E-state index contributed by atoms with van der Waals surface area (Å²) in [6.45, 7) is 5.98. The van der Waals surface area contributed by atoms with Gasteiger partial charge in [-0.1, -0.05) is 103 Å². The van der Waals surface area contributed by atoms with Gasteiger partial charge in [0.25, 0.3) is 0 Å². The highest BCUT2D eigenvalue weighted by Crippen LogP contribution is 2.42. The molecule has 210 valence electrons. The van der Waals surface area contributed by atoms with Crippen molar-refractivity contribution in [2.24, 2.45) is 0 Å². The van der Waals surface area contributed by atoms with Crippen LogP contribution in [0.15, 0.2) is 115 Å². The zero-order valence-corrected chi connectivity index (χ0v) is 25.8. The number of hydrogen-bond acceptors (Lipinski definition) is 3. The van der Waals surface area contributed by atoms with Crippen molar-refractivity contribution in [2.75, 3.05) is 14.2 Å². The van der Waals surface area contributed by atoms with E-state index in [1.807, 2.05) is 39.0 Å². The van der Waals surface area contributed by atoms with Crippen LogP contribution in [0, 0.1) is 0 Å². The molecule has 5 aromatic rings. The number of ether oxygens (including phenoxy) is 2. The van der Waals surface area contributed by atoms with E-state index < -0.39 is 23.7 Å². The molecule has 4 nitrogen and oxygen atoms in total. The lowest BCUT2D eigenvalue weighted by atomic mass is 9.94. The molecular weight excluding hydrogens is 545 g/mol. The van der Waals surface area contributed by atoms with Crippen molar-refractivity contribution in [3.8, 4) is 11.5 Å². The summed E-state index contributed by atoms with van der Waals surface area (Å²) in [7, 11) is 0.977. The van der Waals surface area contributed by atoms with Gasteiger partial charge in [-0.25, -0.2) is 8.93 Å². The lowest BCUT2D eigenvalue weighted by Gasteiger charge is -2.30. The predicted molar refractivity (Wildman–Crippen MR) is 175 cm³/mol. The molecule has 0 saturated carbocycles. The highest BCUT2D eigenvalue weighted by molar-refractivity contribution is 7.84. The summed E-state index contributed by atoms with van der Waals surface area (Å²) < 4.78 is 28.6. The van der Waals surface area contributed by atoms with Crippen LogP contribution in [0.4, 0.5) is 0 Å². The molecule has 5 aromatic carbocycles. The quantitative estimate of drug-likeness (QED) is 0.196. The molecule has 0 aliphatic carbocycles. The van der Waals surface area contributed by atoms with E-state index in [0.717, 1.165) is 27.2 Å². The summed E-state index contributed by atoms with van der Waals surface area (Å²) in [4.78, 5) is 0. The molecule has 0 amide bonds. The number of methoxy groups -OCH3 is 2. The van der Waals surface area contributed by atoms with Gasteiger partial charge in [0.1, 0.15) is 0 Å². The van der Waals surface area contributed by atoms with Gasteiger partial charge in [0.15, 0.2) is 11.5 Å². The fraction of sp³-hybridized carbons (Fsp3) is 0.200. The lowest BCUT2D eigenvalue weighted by molar-refractivity contribution is 0.354. The smallest absolute Gasteiger partial charge is 0.161 e. The van der Waals surface area contributed by atoms with E-state index in [1.54, 1.807) is 14.2 Å². The van der Waals surface area contributed by atoms with Gasteiger partial charge >= 0.3 is 0 Å². The van der Waals surface area contributed by atoms with Crippen molar-refractivity contribution >= 4 is 45.6 Å². The Balaban J connectivity index is 1.85. The van der Waals surface area contributed by atoms with Crippen LogP contribution in [0.1, 0.15) is 37.9 Å². The van der Waals surface area contributed by atoms with Gasteiger partial charge in [0.05, 0.1) is 36.0 Å². The first-order valence-electron chi connectivity index (χ1n) is 13.6. The third-order valence-corrected chi connectivity index (χ3v) is 11.1. The Kier molecular flexibility index (Phi) is 8.89. The summed E-state index contributed by atoms with van der Waals surface area (Å²) in [5, 5.41) is 5.80. The maximum atomic E-state index is 13.8. The van der Waals surface area contributed by atoms with Gasteiger partial charge in [-0.3, -0.25) is 0 Å². The van der Waals surface area contributed by atoms with Crippen molar-refractivity contribution in [1.82, 2.24) is 4.72 Å². The molecule has 0 radical (unpaired) electrons. The van der Waals surface area contributed by atoms with Gasteiger partial charge in [0, 0.05) is 0 Å². The average molecular weight is 582 g/mol. The molecule has 0 aromatic heterocycles. The van der Waals surface area contributed by atoms with Crippen LogP contribution < -0.4 is 30.1 Å². The molecule has 0 unspecified atom stereocenters. The van der Waals surface area contributed by atoms with Crippen LogP contribution in [0.3, 0.4) is 0 Å².